The number of hydrogen-bond acceptors (Lipinski definition) is 6. The number of amides is 2. The minimum absolute atomic E-state index is 0.0827. The van der Waals surface area contributed by atoms with Gasteiger partial charge in [0.15, 0.2) is 0 Å². The lowest BCUT2D eigenvalue weighted by molar-refractivity contribution is -0.138. The molecule has 0 aliphatic carbocycles. The molecule has 7 heteroatoms. The second-order valence-electron chi connectivity index (χ2n) is 6.88. The first-order chi connectivity index (χ1) is 15.0. The SMILES string of the molecule is CCCCOc1ccc(/C=C(\C#N)C(=O)OCCN2C(=O)c3ccccc3C2=O)cc1. The molecule has 7 nitrogen and oxygen atoms in total. The Kier molecular flexibility index (Phi) is 7.17. The van der Waals surface area contributed by atoms with Crippen molar-refractivity contribution in [3.63, 3.8) is 0 Å². The van der Waals surface area contributed by atoms with Crippen molar-refractivity contribution in [2.24, 2.45) is 0 Å². The maximum atomic E-state index is 12.3. The van der Waals surface area contributed by atoms with Gasteiger partial charge in [-0.3, -0.25) is 14.5 Å². The van der Waals surface area contributed by atoms with Crippen LogP contribution in [0, 0.1) is 11.3 Å². The van der Waals surface area contributed by atoms with Crippen LogP contribution in [0.2, 0.25) is 0 Å². The van der Waals surface area contributed by atoms with Crippen LogP contribution in [-0.4, -0.2) is 42.4 Å². The summed E-state index contributed by atoms with van der Waals surface area (Å²) in [5.74, 6) is -0.946. The van der Waals surface area contributed by atoms with Crippen LogP contribution in [0.25, 0.3) is 6.08 Å². The summed E-state index contributed by atoms with van der Waals surface area (Å²) < 4.78 is 10.7. The van der Waals surface area contributed by atoms with Crippen LogP contribution in [-0.2, 0) is 9.53 Å². The van der Waals surface area contributed by atoms with Crippen LogP contribution < -0.4 is 4.74 Å². The van der Waals surface area contributed by atoms with Gasteiger partial charge in [0, 0.05) is 0 Å². The summed E-state index contributed by atoms with van der Waals surface area (Å²) in [6.45, 7) is 2.43. The van der Waals surface area contributed by atoms with Crippen LogP contribution in [0.5, 0.6) is 5.75 Å². The van der Waals surface area contributed by atoms with Gasteiger partial charge in [-0.2, -0.15) is 5.26 Å². The molecule has 2 amide bonds. The van der Waals surface area contributed by atoms with E-state index in [1.54, 1.807) is 48.5 Å². The van der Waals surface area contributed by atoms with E-state index in [-0.39, 0.29) is 18.7 Å². The molecular formula is C24H22N2O5. The summed E-state index contributed by atoms with van der Waals surface area (Å²) in [6.07, 6.45) is 3.43. The Balaban J connectivity index is 1.55. The Hall–Kier alpha value is -3.92. The normalized spacial score (nSPS) is 13.0. The summed E-state index contributed by atoms with van der Waals surface area (Å²) in [5.41, 5.74) is 1.14. The molecule has 31 heavy (non-hydrogen) atoms. The number of nitrogens with zero attached hydrogens (tertiary/aromatic N) is 2. The fourth-order valence-corrected chi connectivity index (χ4v) is 3.05. The zero-order valence-corrected chi connectivity index (χ0v) is 17.2. The number of hydrogen-bond donors (Lipinski definition) is 0. The van der Waals surface area contributed by atoms with E-state index in [9.17, 15) is 19.6 Å². The Bertz CT molecular complexity index is 1020. The maximum absolute atomic E-state index is 12.3. The van der Waals surface area contributed by atoms with E-state index in [0.29, 0.717) is 29.0 Å². The van der Waals surface area contributed by atoms with Crippen molar-refractivity contribution in [3.05, 3.63) is 70.8 Å². The highest BCUT2D eigenvalue weighted by molar-refractivity contribution is 6.21. The van der Waals surface area contributed by atoms with Gasteiger partial charge >= 0.3 is 5.97 Å². The molecule has 0 aromatic heterocycles. The number of imide groups is 1. The molecule has 0 unspecified atom stereocenters. The Labute approximate surface area is 180 Å². The van der Waals surface area contributed by atoms with Crippen molar-refractivity contribution in [1.82, 2.24) is 4.90 Å². The number of nitriles is 1. The van der Waals surface area contributed by atoms with Crippen LogP contribution >= 0.6 is 0 Å². The predicted molar refractivity (Wildman–Crippen MR) is 113 cm³/mol. The van der Waals surface area contributed by atoms with E-state index in [2.05, 4.69) is 6.92 Å². The zero-order valence-electron chi connectivity index (χ0n) is 17.2. The molecule has 0 atom stereocenters. The number of carbonyl (C=O) groups is 3. The molecule has 0 radical (unpaired) electrons. The van der Waals surface area contributed by atoms with E-state index in [1.165, 1.54) is 6.08 Å². The number of unbranched alkanes of at least 4 members (excludes halogenated alkanes) is 1. The lowest BCUT2D eigenvalue weighted by Gasteiger charge is -2.13. The number of esters is 1. The van der Waals surface area contributed by atoms with E-state index < -0.39 is 17.8 Å². The molecule has 0 spiro atoms. The first-order valence-corrected chi connectivity index (χ1v) is 10.0. The maximum Gasteiger partial charge on any atom is 0.348 e. The van der Waals surface area contributed by atoms with Crippen LogP contribution in [0.15, 0.2) is 54.1 Å². The lowest BCUT2D eigenvalue weighted by atomic mass is 10.1. The molecule has 0 saturated heterocycles. The van der Waals surface area contributed by atoms with Gasteiger partial charge in [-0.1, -0.05) is 37.6 Å². The molecule has 3 rings (SSSR count). The lowest BCUT2D eigenvalue weighted by Crippen LogP contribution is -2.33. The van der Waals surface area contributed by atoms with Crippen molar-refractivity contribution in [2.45, 2.75) is 19.8 Å². The van der Waals surface area contributed by atoms with Gasteiger partial charge in [-0.15, -0.1) is 0 Å². The molecule has 1 heterocycles. The monoisotopic (exact) mass is 418 g/mol. The molecular weight excluding hydrogens is 396 g/mol. The Morgan fingerprint density at radius 1 is 1.03 bits per heavy atom. The van der Waals surface area contributed by atoms with Crippen LogP contribution in [0.1, 0.15) is 46.0 Å². The number of carbonyl (C=O) groups excluding carboxylic acids is 3. The van der Waals surface area contributed by atoms with Crippen LogP contribution in [0.3, 0.4) is 0 Å². The smallest absolute Gasteiger partial charge is 0.348 e. The van der Waals surface area contributed by atoms with Crippen molar-refractivity contribution < 1.29 is 23.9 Å². The molecule has 2 aromatic rings. The predicted octanol–water partition coefficient (Wildman–Crippen LogP) is 3.61. The van der Waals surface area contributed by atoms with E-state index in [1.807, 2.05) is 6.07 Å². The molecule has 0 bridgehead atoms. The first-order valence-electron chi connectivity index (χ1n) is 10.0. The van der Waals surface area contributed by atoms with Gasteiger partial charge in [0.25, 0.3) is 11.8 Å². The number of fused-ring (bicyclic) bond motifs is 1. The summed E-state index contributed by atoms with van der Waals surface area (Å²) in [6, 6.07) is 15.4. The van der Waals surface area contributed by atoms with E-state index in [0.717, 1.165) is 17.7 Å². The highest BCUT2D eigenvalue weighted by atomic mass is 16.5. The van der Waals surface area contributed by atoms with Gasteiger partial charge in [-0.05, 0) is 42.3 Å². The Morgan fingerprint density at radius 3 is 2.26 bits per heavy atom. The summed E-state index contributed by atoms with van der Waals surface area (Å²) in [5, 5.41) is 9.31. The number of rotatable bonds is 9. The zero-order chi connectivity index (χ0) is 22.2. The van der Waals surface area contributed by atoms with Crippen molar-refractivity contribution in [1.29, 1.82) is 5.26 Å². The highest BCUT2D eigenvalue weighted by Crippen LogP contribution is 2.22. The fraction of sp³-hybridized carbons (Fsp3) is 0.250. The molecule has 158 valence electrons. The minimum atomic E-state index is -0.817. The van der Waals surface area contributed by atoms with E-state index in [4.69, 9.17) is 9.47 Å². The molecule has 0 N–H and O–H groups in total. The topological polar surface area (TPSA) is 96.7 Å². The summed E-state index contributed by atoms with van der Waals surface area (Å²) in [4.78, 5) is 37.9. The minimum Gasteiger partial charge on any atom is -0.494 e. The number of ether oxygens (including phenoxy) is 2. The van der Waals surface area contributed by atoms with Gasteiger partial charge in [-0.25, -0.2) is 4.79 Å². The second kappa shape index (κ2) is 10.2. The third-order valence-corrected chi connectivity index (χ3v) is 4.72. The number of benzene rings is 2. The molecule has 0 fully saturated rings. The molecule has 1 aliphatic heterocycles. The first kappa shape index (κ1) is 21.8. The van der Waals surface area contributed by atoms with Gasteiger partial charge < -0.3 is 9.47 Å². The third-order valence-electron chi connectivity index (χ3n) is 4.72. The molecule has 0 saturated carbocycles. The summed E-state index contributed by atoms with van der Waals surface area (Å²) >= 11 is 0. The fourth-order valence-electron chi connectivity index (χ4n) is 3.05. The van der Waals surface area contributed by atoms with Crippen molar-refractivity contribution in [2.75, 3.05) is 19.8 Å². The van der Waals surface area contributed by atoms with Crippen LogP contribution in [0.4, 0.5) is 0 Å². The molecule has 1 aliphatic rings. The Morgan fingerprint density at radius 2 is 1.68 bits per heavy atom. The highest BCUT2D eigenvalue weighted by Gasteiger charge is 2.34. The van der Waals surface area contributed by atoms with Gasteiger partial charge in [0.2, 0.25) is 0 Å². The largest absolute Gasteiger partial charge is 0.494 e. The molecule has 2 aromatic carbocycles. The van der Waals surface area contributed by atoms with Gasteiger partial charge in [0.05, 0.1) is 24.3 Å². The van der Waals surface area contributed by atoms with Gasteiger partial charge in [0.1, 0.15) is 24.0 Å². The van der Waals surface area contributed by atoms with Crippen molar-refractivity contribution >= 4 is 23.9 Å². The summed E-state index contributed by atoms with van der Waals surface area (Å²) in [7, 11) is 0. The van der Waals surface area contributed by atoms with Crippen molar-refractivity contribution in [3.8, 4) is 11.8 Å². The second-order valence-corrected chi connectivity index (χ2v) is 6.88. The third kappa shape index (κ3) is 5.17. The average molecular weight is 418 g/mol. The quantitative estimate of drug-likeness (QED) is 0.203. The van der Waals surface area contributed by atoms with E-state index >= 15 is 0 Å². The standard InChI is InChI=1S/C24H22N2O5/c1-2-3-13-30-19-10-8-17(9-11-19)15-18(16-25)24(29)31-14-12-26-22(27)20-6-4-5-7-21(20)23(26)28/h4-11,15H,2-3,12-14H2,1H3/b18-15+. The average Bonchev–Trinajstić information content (AvgIpc) is 3.03.